The van der Waals surface area contributed by atoms with Crippen molar-refractivity contribution in [3.63, 3.8) is 0 Å². The van der Waals surface area contributed by atoms with Crippen molar-refractivity contribution in [2.45, 2.75) is 45.1 Å². The minimum atomic E-state index is -0.716. The number of carbonyl (C=O) groups excluding carboxylic acids is 2. The van der Waals surface area contributed by atoms with E-state index in [-0.39, 0.29) is 6.61 Å². The van der Waals surface area contributed by atoms with E-state index in [0.29, 0.717) is 13.0 Å². The summed E-state index contributed by atoms with van der Waals surface area (Å²) in [5.74, 6) is -0.422. The molecule has 0 radical (unpaired) electrons. The molecule has 2 aromatic rings. The Bertz CT molecular complexity index is 732. The van der Waals surface area contributed by atoms with Crippen LogP contribution in [-0.4, -0.2) is 29.1 Å². The summed E-state index contributed by atoms with van der Waals surface area (Å²) >= 11 is 0. The summed E-state index contributed by atoms with van der Waals surface area (Å²) in [5.41, 5.74) is 1.86. The average molecular weight is 353 g/mol. The standard InChI is InChI=1S/C21H23NO4/c1-2-9-18-19(20(23)25-15-17-12-7-4-8-13-17)22(21(24)26-18)14-16-10-5-3-6-11-16/h3-8,10-13,18-19H,2,9,14-15H2,1H3/t18-,19+/m0/s1. The number of esters is 1. The van der Waals surface area contributed by atoms with Crippen LogP contribution in [0.5, 0.6) is 0 Å². The molecule has 0 bridgehead atoms. The predicted octanol–water partition coefficient (Wildman–Crippen LogP) is 3.92. The zero-order valence-corrected chi connectivity index (χ0v) is 14.8. The fraction of sp³-hybridized carbons (Fsp3) is 0.333. The summed E-state index contributed by atoms with van der Waals surface area (Å²) in [7, 11) is 0. The highest BCUT2D eigenvalue weighted by atomic mass is 16.6. The Morgan fingerprint density at radius 2 is 1.65 bits per heavy atom. The maximum absolute atomic E-state index is 12.8. The summed E-state index contributed by atoms with van der Waals surface area (Å²) in [5, 5.41) is 0. The molecule has 2 atom stereocenters. The molecule has 1 fully saturated rings. The van der Waals surface area contributed by atoms with Crippen LogP contribution in [0.15, 0.2) is 60.7 Å². The molecule has 1 aliphatic heterocycles. The summed E-state index contributed by atoms with van der Waals surface area (Å²) in [6, 6.07) is 18.4. The quantitative estimate of drug-likeness (QED) is 0.708. The molecule has 1 amide bonds. The second-order valence-corrected chi connectivity index (χ2v) is 6.36. The molecule has 1 heterocycles. The molecule has 0 aromatic heterocycles. The molecular formula is C21H23NO4. The molecule has 3 rings (SSSR count). The SMILES string of the molecule is CCC[C@@H]1OC(=O)N(Cc2ccccc2)[C@H]1C(=O)OCc1ccccc1. The summed E-state index contributed by atoms with van der Waals surface area (Å²) in [6.45, 7) is 2.51. The molecule has 0 unspecified atom stereocenters. The number of carbonyl (C=O) groups is 2. The van der Waals surface area contributed by atoms with Crippen LogP contribution >= 0.6 is 0 Å². The van der Waals surface area contributed by atoms with Gasteiger partial charge in [0.2, 0.25) is 0 Å². The van der Waals surface area contributed by atoms with Crippen molar-refractivity contribution in [1.29, 1.82) is 0 Å². The lowest BCUT2D eigenvalue weighted by atomic mass is 10.1. The number of hydrogen-bond donors (Lipinski definition) is 0. The Morgan fingerprint density at radius 3 is 2.27 bits per heavy atom. The van der Waals surface area contributed by atoms with E-state index >= 15 is 0 Å². The minimum Gasteiger partial charge on any atom is -0.459 e. The maximum atomic E-state index is 12.8. The molecule has 0 spiro atoms. The number of rotatable bonds is 7. The monoisotopic (exact) mass is 353 g/mol. The van der Waals surface area contributed by atoms with Crippen molar-refractivity contribution in [1.82, 2.24) is 4.90 Å². The van der Waals surface area contributed by atoms with E-state index in [2.05, 4.69) is 0 Å². The number of cyclic esters (lactones) is 1. The van der Waals surface area contributed by atoms with Crippen molar-refractivity contribution in [2.24, 2.45) is 0 Å². The first-order valence-corrected chi connectivity index (χ1v) is 8.90. The fourth-order valence-corrected chi connectivity index (χ4v) is 3.11. The lowest BCUT2D eigenvalue weighted by Gasteiger charge is -2.23. The van der Waals surface area contributed by atoms with Crippen LogP contribution in [0.25, 0.3) is 0 Å². The second-order valence-electron chi connectivity index (χ2n) is 6.36. The van der Waals surface area contributed by atoms with Gasteiger partial charge in [-0.1, -0.05) is 74.0 Å². The average Bonchev–Trinajstić information content (AvgIpc) is 2.97. The van der Waals surface area contributed by atoms with Crippen LogP contribution in [0.3, 0.4) is 0 Å². The normalized spacial score (nSPS) is 19.3. The second kappa shape index (κ2) is 8.52. The van der Waals surface area contributed by atoms with Gasteiger partial charge in [-0.05, 0) is 17.5 Å². The van der Waals surface area contributed by atoms with Gasteiger partial charge in [-0.25, -0.2) is 9.59 Å². The first-order chi connectivity index (χ1) is 12.7. The maximum Gasteiger partial charge on any atom is 0.411 e. The van der Waals surface area contributed by atoms with Gasteiger partial charge < -0.3 is 9.47 Å². The van der Waals surface area contributed by atoms with E-state index < -0.39 is 24.2 Å². The number of hydrogen-bond acceptors (Lipinski definition) is 4. The van der Waals surface area contributed by atoms with Gasteiger partial charge in [-0.2, -0.15) is 0 Å². The van der Waals surface area contributed by atoms with E-state index in [9.17, 15) is 9.59 Å². The third-order valence-corrected chi connectivity index (χ3v) is 4.41. The number of nitrogens with zero attached hydrogens (tertiary/aromatic N) is 1. The van der Waals surface area contributed by atoms with Gasteiger partial charge in [-0.15, -0.1) is 0 Å². The van der Waals surface area contributed by atoms with E-state index in [1.165, 1.54) is 4.90 Å². The molecule has 0 saturated carbocycles. The van der Waals surface area contributed by atoms with Gasteiger partial charge in [-0.3, -0.25) is 4.90 Å². The van der Waals surface area contributed by atoms with Crippen LogP contribution in [0, 0.1) is 0 Å². The third-order valence-electron chi connectivity index (χ3n) is 4.41. The zero-order valence-electron chi connectivity index (χ0n) is 14.8. The lowest BCUT2D eigenvalue weighted by molar-refractivity contribution is -0.151. The third kappa shape index (κ3) is 4.23. The van der Waals surface area contributed by atoms with Crippen molar-refractivity contribution in [3.05, 3.63) is 71.8 Å². The first-order valence-electron chi connectivity index (χ1n) is 8.90. The molecule has 1 saturated heterocycles. The van der Waals surface area contributed by atoms with Crippen molar-refractivity contribution >= 4 is 12.1 Å². The van der Waals surface area contributed by atoms with Crippen LogP contribution < -0.4 is 0 Å². The Morgan fingerprint density at radius 1 is 1.04 bits per heavy atom. The van der Waals surface area contributed by atoms with Crippen molar-refractivity contribution < 1.29 is 19.1 Å². The molecule has 0 N–H and O–H groups in total. The molecule has 136 valence electrons. The van der Waals surface area contributed by atoms with Gasteiger partial charge in [0.15, 0.2) is 6.04 Å². The van der Waals surface area contributed by atoms with E-state index in [0.717, 1.165) is 17.5 Å². The lowest BCUT2D eigenvalue weighted by Crippen LogP contribution is -2.43. The molecule has 0 aliphatic carbocycles. The highest BCUT2D eigenvalue weighted by Crippen LogP contribution is 2.26. The van der Waals surface area contributed by atoms with Crippen molar-refractivity contribution in [3.8, 4) is 0 Å². The predicted molar refractivity (Wildman–Crippen MR) is 97.2 cm³/mol. The Balaban J connectivity index is 1.73. The molecule has 1 aliphatic rings. The largest absolute Gasteiger partial charge is 0.459 e. The van der Waals surface area contributed by atoms with Gasteiger partial charge in [0.05, 0.1) is 6.54 Å². The van der Waals surface area contributed by atoms with E-state index in [1.54, 1.807) is 0 Å². The Hall–Kier alpha value is -2.82. The smallest absolute Gasteiger partial charge is 0.411 e. The summed E-state index contributed by atoms with van der Waals surface area (Å²) in [6.07, 6.45) is 0.510. The van der Waals surface area contributed by atoms with Crippen LogP contribution in [-0.2, 0) is 27.4 Å². The van der Waals surface area contributed by atoms with Crippen LogP contribution in [0.2, 0.25) is 0 Å². The Labute approximate surface area is 153 Å². The highest BCUT2D eigenvalue weighted by Gasteiger charge is 2.46. The van der Waals surface area contributed by atoms with Crippen LogP contribution in [0.4, 0.5) is 4.79 Å². The summed E-state index contributed by atoms with van der Waals surface area (Å²) in [4.78, 5) is 26.6. The summed E-state index contributed by atoms with van der Waals surface area (Å²) < 4.78 is 11.0. The molecular weight excluding hydrogens is 330 g/mol. The van der Waals surface area contributed by atoms with E-state index in [1.807, 2.05) is 67.6 Å². The number of amides is 1. The molecule has 2 aromatic carbocycles. The Kier molecular flexibility index (Phi) is 5.89. The molecule has 5 nitrogen and oxygen atoms in total. The van der Waals surface area contributed by atoms with Crippen LogP contribution in [0.1, 0.15) is 30.9 Å². The van der Waals surface area contributed by atoms with Gasteiger partial charge >= 0.3 is 12.1 Å². The number of benzene rings is 2. The topological polar surface area (TPSA) is 55.8 Å². The minimum absolute atomic E-state index is 0.183. The molecule has 26 heavy (non-hydrogen) atoms. The highest BCUT2D eigenvalue weighted by molar-refractivity contribution is 5.85. The fourth-order valence-electron chi connectivity index (χ4n) is 3.11. The molecule has 5 heteroatoms. The van der Waals surface area contributed by atoms with E-state index in [4.69, 9.17) is 9.47 Å². The first kappa shape index (κ1) is 18.0. The van der Waals surface area contributed by atoms with Gasteiger partial charge in [0, 0.05) is 0 Å². The van der Waals surface area contributed by atoms with Gasteiger partial charge in [0.1, 0.15) is 12.7 Å². The van der Waals surface area contributed by atoms with Crippen molar-refractivity contribution in [2.75, 3.05) is 0 Å². The zero-order chi connectivity index (χ0) is 18.4. The van der Waals surface area contributed by atoms with Gasteiger partial charge in [0.25, 0.3) is 0 Å². The number of ether oxygens (including phenoxy) is 2.